The minimum Gasteiger partial charge on any atom is -0.444 e. The molecule has 238 valence electrons. The third kappa shape index (κ3) is 21.9. The number of carbonyl (C=O) groups is 2. The third-order valence-corrected chi connectivity index (χ3v) is 6.05. The van der Waals surface area contributed by atoms with Gasteiger partial charge in [0, 0.05) is 38.9 Å². The number of aliphatic hydroxyl groups is 2. The summed E-state index contributed by atoms with van der Waals surface area (Å²) in [6.45, 7) is 19.5. The molecule has 41 heavy (non-hydrogen) atoms. The van der Waals surface area contributed by atoms with Gasteiger partial charge in [0.1, 0.15) is 11.9 Å². The first-order chi connectivity index (χ1) is 19.1. The van der Waals surface area contributed by atoms with Crippen LogP contribution in [-0.4, -0.2) is 91.5 Å². The van der Waals surface area contributed by atoms with Crippen molar-refractivity contribution in [3.63, 3.8) is 0 Å². The number of hydrogen-bond acceptors (Lipinski definition) is 8. The molecule has 10 heteroatoms. The smallest absolute Gasteiger partial charge is 0.407 e. The second-order valence-electron chi connectivity index (χ2n) is 12.4. The largest absolute Gasteiger partial charge is 0.444 e. The van der Waals surface area contributed by atoms with E-state index in [-0.39, 0.29) is 17.6 Å². The van der Waals surface area contributed by atoms with Crippen LogP contribution in [0.4, 0.5) is 10.5 Å². The Hall–Kier alpha value is -2.40. The maximum absolute atomic E-state index is 11.6. The molecule has 1 heterocycles. The van der Waals surface area contributed by atoms with Crippen molar-refractivity contribution in [2.75, 3.05) is 45.1 Å². The molecule has 0 saturated carbocycles. The summed E-state index contributed by atoms with van der Waals surface area (Å²) in [7, 11) is 1.94. The second-order valence-corrected chi connectivity index (χ2v) is 12.4. The second kappa shape index (κ2) is 20.5. The van der Waals surface area contributed by atoms with Gasteiger partial charge in [-0.15, -0.1) is 0 Å². The standard InChI is InChI=1S/C18H35N3O4.C11H17N.C2H6O2/c1-15-7-8-16(24-15)13-21(12-10-19-14-22)11-6-5-9-20-17(23)25-18(2,3)4;1-11(2,3)9-5-7-10(12-4)8-6-9;1-2(3)4/h14-16H,5-13H2,1-4H3,(H,19,22)(H,20,23);5-8,12H,1-4H3;2-4H,1H3. The number of carbonyl (C=O) groups excluding carboxylic acids is 2. The van der Waals surface area contributed by atoms with Crippen molar-refractivity contribution in [1.82, 2.24) is 15.5 Å². The van der Waals surface area contributed by atoms with Gasteiger partial charge in [0.15, 0.2) is 0 Å². The minimum absolute atomic E-state index is 0.256. The van der Waals surface area contributed by atoms with E-state index in [0.717, 1.165) is 51.7 Å². The first kappa shape index (κ1) is 38.6. The fourth-order valence-corrected chi connectivity index (χ4v) is 3.99. The van der Waals surface area contributed by atoms with Crippen LogP contribution in [-0.2, 0) is 19.7 Å². The molecule has 10 nitrogen and oxygen atoms in total. The summed E-state index contributed by atoms with van der Waals surface area (Å²) in [4.78, 5) is 24.3. The molecule has 1 aliphatic rings. The lowest BCUT2D eigenvalue weighted by Gasteiger charge is -2.25. The molecule has 1 aromatic carbocycles. The molecule has 0 aliphatic carbocycles. The molecule has 2 unspecified atom stereocenters. The zero-order chi connectivity index (χ0) is 31.5. The first-order valence-electron chi connectivity index (χ1n) is 14.7. The number of benzene rings is 1. The predicted molar refractivity (Wildman–Crippen MR) is 166 cm³/mol. The SMILES string of the molecule is CC(O)O.CC1CCC(CN(CCCCNC(=O)OC(C)(C)C)CCNC=O)O1.CNc1ccc(C(C)(C)C)cc1. The van der Waals surface area contributed by atoms with Gasteiger partial charge >= 0.3 is 6.09 Å². The zero-order valence-electron chi connectivity index (χ0n) is 27.0. The number of ether oxygens (including phenoxy) is 2. The number of nitrogens with zero attached hydrogens (tertiary/aromatic N) is 1. The van der Waals surface area contributed by atoms with Crippen molar-refractivity contribution in [3.8, 4) is 0 Å². The molecule has 1 saturated heterocycles. The first-order valence-corrected chi connectivity index (χ1v) is 14.7. The Morgan fingerprint density at radius 3 is 2.15 bits per heavy atom. The number of aliphatic hydroxyl groups excluding tert-OH is 1. The quantitative estimate of drug-likeness (QED) is 0.140. The molecule has 2 rings (SSSR count). The van der Waals surface area contributed by atoms with Crippen molar-refractivity contribution in [2.45, 2.75) is 111 Å². The van der Waals surface area contributed by atoms with E-state index in [1.165, 1.54) is 18.2 Å². The number of unbranched alkanes of at least 4 members (excludes halogenated alkanes) is 1. The van der Waals surface area contributed by atoms with Gasteiger partial charge in [-0.3, -0.25) is 9.69 Å². The lowest BCUT2D eigenvalue weighted by atomic mass is 9.87. The molecule has 5 N–H and O–H groups in total. The molecular weight excluding hydrogens is 524 g/mol. The number of amides is 2. The highest BCUT2D eigenvalue weighted by atomic mass is 16.6. The maximum Gasteiger partial charge on any atom is 0.407 e. The molecule has 1 aromatic rings. The van der Waals surface area contributed by atoms with Gasteiger partial charge in [0.25, 0.3) is 0 Å². The molecule has 0 bridgehead atoms. The van der Waals surface area contributed by atoms with E-state index in [1.807, 2.05) is 27.8 Å². The van der Waals surface area contributed by atoms with Crippen LogP contribution < -0.4 is 16.0 Å². The highest BCUT2D eigenvalue weighted by Crippen LogP contribution is 2.23. The number of nitrogens with one attached hydrogen (secondary N) is 3. The summed E-state index contributed by atoms with van der Waals surface area (Å²) < 4.78 is 11.1. The number of rotatable bonds is 12. The Morgan fingerprint density at radius 2 is 1.68 bits per heavy atom. The van der Waals surface area contributed by atoms with Gasteiger partial charge in [-0.2, -0.15) is 0 Å². The van der Waals surface area contributed by atoms with Gasteiger partial charge in [-0.05, 0) is 90.0 Å². The number of hydrogen-bond donors (Lipinski definition) is 5. The van der Waals surface area contributed by atoms with Crippen LogP contribution in [0.15, 0.2) is 24.3 Å². The lowest BCUT2D eigenvalue weighted by Crippen LogP contribution is -2.38. The van der Waals surface area contributed by atoms with Gasteiger partial charge in [0.2, 0.25) is 6.41 Å². The monoisotopic (exact) mass is 582 g/mol. The van der Waals surface area contributed by atoms with Crippen molar-refractivity contribution >= 4 is 18.2 Å². The summed E-state index contributed by atoms with van der Waals surface area (Å²) in [5, 5.41) is 23.8. The number of alkyl carbamates (subject to hydrolysis) is 1. The summed E-state index contributed by atoms with van der Waals surface area (Å²) in [5.41, 5.74) is 2.33. The van der Waals surface area contributed by atoms with Crippen LogP contribution in [0.3, 0.4) is 0 Å². The van der Waals surface area contributed by atoms with Crippen LogP contribution in [0.1, 0.15) is 86.6 Å². The van der Waals surface area contributed by atoms with E-state index in [0.29, 0.717) is 19.2 Å². The Balaban J connectivity index is 0.000000823. The number of anilines is 1. The van der Waals surface area contributed by atoms with E-state index in [2.05, 4.69) is 72.8 Å². The average Bonchev–Trinajstić information content (AvgIpc) is 3.26. The van der Waals surface area contributed by atoms with Crippen LogP contribution in [0.5, 0.6) is 0 Å². The Bertz CT molecular complexity index is 819. The van der Waals surface area contributed by atoms with Gasteiger partial charge < -0.3 is 35.6 Å². The van der Waals surface area contributed by atoms with Crippen molar-refractivity contribution in [1.29, 1.82) is 0 Å². The molecule has 2 amide bonds. The van der Waals surface area contributed by atoms with Crippen LogP contribution in [0.2, 0.25) is 0 Å². The summed E-state index contributed by atoms with van der Waals surface area (Å²) >= 11 is 0. The topological polar surface area (TPSA) is 132 Å². The van der Waals surface area contributed by atoms with Crippen LogP contribution in [0.25, 0.3) is 0 Å². The summed E-state index contributed by atoms with van der Waals surface area (Å²) in [5.74, 6) is 0. The summed E-state index contributed by atoms with van der Waals surface area (Å²) in [6.07, 6.45) is 3.90. The third-order valence-electron chi connectivity index (χ3n) is 6.05. The zero-order valence-corrected chi connectivity index (χ0v) is 27.0. The molecule has 0 spiro atoms. The minimum atomic E-state index is -1.17. The van der Waals surface area contributed by atoms with Crippen LogP contribution in [0, 0.1) is 0 Å². The highest BCUT2D eigenvalue weighted by molar-refractivity contribution is 5.67. The van der Waals surface area contributed by atoms with Gasteiger partial charge in [0.05, 0.1) is 12.2 Å². The normalized spacial score (nSPS) is 16.7. The Morgan fingerprint density at radius 1 is 1.07 bits per heavy atom. The maximum atomic E-state index is 11.6. The molecule has 2 atom stereocenters. The van der Waals surface area contributed by atoms with E-state index in [9.17, 15) is 9.59 Å². The van der Waals surface area contributed by atoms with Gasteiger partial charge in [-0.25, -0.2) is 4.79 Å². The Labute approximate surface area is 248 Å². The van der Waals surface area contributed by atoms with E-state index in [1.54, 1.807) is 0 Å². The van der Waals surface area contributed by atoms with Gasteiger partial charge in [-0.1, -0.05) is 32.9 Å². The average molecular weight is 583 g/mol. The molecular formula is C31H58N4O6. The van der Waals surface area contributed by atoms with Crippen molar-refractivity contribution < 1.29 is 29.3 Å². The van der Waals surface area contributed by atoms with E-state index >= 15 is 0 Å². The van der Waals surface area contributed by atoms with E-state index < -0.39 is 11.9 Å². The fraction of sp³-hybridized carbons (Fsp3) is 0.742. The molecule has 1 fully saturated rings. The van der Waals surface area contributed by atoms with Crippen molar-refractivity contribution in [2.24, 2.45) is 0 Å². The van der Waals surface area contributed by atoms with Crippen LogP contribution >= 0.6 is 0 Å². The molecule has 0 radical (unpaired) electrons. The summed E-state index contributed by atoms with van der Waals surface area (Å²) in [6, 6.07) is 8.57. The fourth-order valence-electron chi connectivity index (χ4n) is 3.99. The lowest BCUT2D eigenvalue weighted by molar-refractivity contribution is -0.109. The van der Waals surface area contributed by atoms with E-state index in [4.69, 9.17) is 19.7 Å². The molecule has 0 aromatic heterocycles. The predicted octanol–water partition coefficient (Wildman–Crippen LogP) is 4.25. The van der Waals surface area contributed by atoms with Crippen molar-refractivity contribution in [3.05, 3.63) is 29.8 Å². The molecule has 1 aliphatic heterocycles. The highest BCUT2D eigenvalue weighted by Gasteiger charge is 2.23. The Kier molecular flexibility index (Phi) is 19.3.